The van der Waals surface area contributed by atoms with E-state index >= 15 is 0 Å². The van der Waals surface area contributed by atoms with Crippen LogP contribution in [0.4, 0.5) is 35.5 Å². The first-order valence-corrected chi connectivity index (χ1v) is 15.6. The fourth-order valence-electron chi connectivity index (χ4n) is 4.19. The molecular weight excluding hydrogens is 697 g/mol. The summed E-state index contributed by atoms with van der Waals surface area (Å²) in [6.45, 7) is 10.7. The van der Waals surface area contributed by atoms with Gasteiger partial charge in [-0.15, -0.1) is 5.10 Å². The Morgan fingerprint density at radius 2 is 1.56 bits per heavy atom. The van der Waals surface area contributed by atoms with Crippen molar-refractivity contribution in [2.45, 2.75) is 71.8 Å². The van der Waals surface area contributed by atoms with Crippen molar-refractivity contribution in [2.75, 3.05) is 26.5 Å². The van der Waals surface area contributed by atoms with Crippen molar-refractivity contribution in [2.24, 2.45) is 17.3 Å². The summed E-state index contributed by atoms with van der Waals surface area (Å²) in [5, 5.41) is 3.26. The van der Waals surface area contributed by atoms with Gasteiger partial charge in [0.05, 0.1) is 23.8 Å². The van der Waals surface area contributed by atoms with Crippen LogP contribution >= 0.6 is 23.4 Å². The number of carbonyl (C=O) groups is 3. The van der Waals surface area contributed by atoms with Crippen LogP contribution in [0.25, 0.3) is 0 Å². The molecule has 2 atom stereocenters. The highest BCUT2D eigenvalue weighted by atomic mass is 35.5. The van der Waals surface area contributed by atoms with Gasteiger partial charge in [0.15, 0.2) is 34.2 Å². The average Bonchev–Trinajstić information content (AvgIpc) is 3.28. The molecule has 1 amide bonds. The predicted octanol–water partition coefficient (Wildman–Crippen LogP) is 7.31. The molecule has 1 aliphatic carbocycles. The van der Waals surface area contributed by atoms with Crippen LogP contribution < -0.4 is 0 Å². The molecule has 2 aromatic rings. The van der Waals surface area contributed by atoms with E-state index in [9.17, 15) is 45.1 Å². The minimum atomic E-state index is -4.78. The minimum Gasteiger partial charge on any atom is -0.465 e. The third kappa shape index (κ3) is 9.64. The first kappa shape index (κ1) is 40.8. The molecule has 18 heteroatoms. The fraction of sp³-hybridized carbons (Fsp3) is 0.567. The molecule has 1 aliphatic rings. The van der Waals surface area contributed by atoms with Gasteiger partial charge in [-0.3, -0.25) is 9.59 Å². The summed E-state index contributed by atoms with van der Waals surface area (Å²) in [4.78, 5) is 41.4. The maximum absolute atomic E-state index is 13.8. The zero-order valence-electron chi connectivity index (χ0n) is 27.6. The Balaban J connectivity index is 0.000000345. The first-order valence-electron chi connectivity index (χ1n) is 14.3. The topological polar surface area (TPSA) is 104 Å². The Morgan fingerprint density at radius 3 is 2.02 bits per heavy atom. The van der Waals surface area contributed by atoms with Crippen LogP contribution in [-0.4, -0.2) is 70.3 Å². The number of benzene rings is 1. The van der Waals surface area contributed by atoms with E-state index < -0.39 is 75.4 Å². The van der Waals surface area contributed by atoms with E-state index in [1.54, 1.807) is 21.0 Å². The van der Waals surface area contributed by atoms with E-state index in [0.717, 1.165) is 18.7 Å². The van der Waals surface area contributed by atoms with Crippen molar-refractivity contribution in [3.63, 3.8) is 0 Å². The zero-order chi connectivity index (χ0) is 37.1. The number of aromatic nitrogens is 3. The Kier molecular flexibility index (Phi) is 13.2. The highest BCUT2D eigenvalue weighted by molar-refractivity contribution is 7.99. The summed E-state index contributed by atoms with van der Waals surface area (Å²) in [7, 11) is 3.28. The number of alkyl halides is 3. The number of rotatable bonds is 8. The minimum absolute atomic E-state index is 0.0941. The van der Waals surface area contributed by atoms with E-state index in [1.165, 1.54) is 23.4 Å². The number of allylic oxidation sites excluding steroid dienone is 2. The normalized spacial score (nSPS) is 17.3. The first-order chi connectivity index (χ1) is 21.9. The van der Waals surface area contributed by atoms with Gasteiger partial charge in [-0.05, 0) is 25.2 Å². The number of amides is 1. The Hall–Kier alpha value is -3.34. The summed E-state index contributed by atoms with van der Waals surface area (Å²) in [6, 6.07) is -0.302. The maximum atomic E-state index is 13.8. The average molecular weight is 733 g/mol. The largest absolute Gasteiger partial charge is 0.465 e. The second kappa shape index (κ2) is 15.5. The smallest absolute Gasteiger partial charge is 0.426 e. The maximum Gasteiger partial charge on any atom is 0.426 e. The van der Waals surface area contributed by atoms with Crippen molar-refractivity contribution >= 4 is 41.3 Å². The van der Waals surface area contributed by atoms with Crippen LogP contribution in [0.5, 0.6) is 0 Å². The fourth-order valence-corrected chi connectivity index (χ4v) is 5.05. The van der Waals surface area contributed by atoms with Crippen molar-refractivity contribution < 1.29 is 54.6 Å². The summed E-state index contributed by atoms with van der Waals surface area (Å²) in [5.41, 5.74) is -3.21. The Morgan fingerprint density at radius 1 is 1.02 bits per heavy atom. The molecule has 1 fully saturated rings. The van der Waals surface area contributed by atoms with Gasteiger partial charge in [-0.1, -0.05) is 64.1 Å². The lowest BCUT2D eigenvalue weighted by Gasteiger charge is -2.13. The van der Waals surface area contributed by atoms with Crippen LogP contribution in [0.3, 0.4) is 0 Å². The van der Waals surface area contributed by atoms with Gasteiger partial charge in [0.1, 0.15) is 11.6 Å². The molecule has 9 nitrogen and oxygen atoms in total. The molecule has 3 rings (SSSR count). The Labute approximate surface area is 282 Å². The molecule has 1 aromatic heterocycles. The molecule has 0 radical (unpaired) electrons. The molecule has 0 bridgehead atoms. The van der Waals surface area contributed by atoms with Gasteiger partial charge in [-0.25, -0.2) is 27.3 Å². The lowest BCUT2D eigenvalue weighted by molar-refractivity contribution is -0.147. The molecule has 2 unspecified atom stereocenters. The number of esters is 2. The van der Waals surface area contributed by atoms with Crippen LogP contribution in [-0.2, 0) is 31.1 Å². The van der Waals surface area contributed by atoms with E-state index in [0.29, 0.717) is 23.7 Å². The molecule has 1 aromatic carbocycles. The molecule has 0 spiro atoms. The van der Waals surface area contributed by atoms with Gasteiger partial charge in [-0.2, -0.15) is 17.9 Å². The molecule has 0 N–H and O–H groups in total. The molecule has 1 heterocycles. The van der Waals surface area contributed by atoms with Gasteiger partial charge in [0.2, 0.25) is 0 Å². The van der Waals surface area contributed by atoms with Gasteiger partial charge >= 0.3 is 24.1 Å². The number of hydrogen-bond acceptors (Lipinski definition) is 8. The summed E-state index contributed by atoms with van der Waals surface area (Å²) in [6.07, 6.45) is -4.11. The number of hydrogen-bond donors (Lipinski definition) is 0. The number of halogens is 8. The van der Waals surface area contributed by atoms with Crippen LogP contribution in [0.2, 0.25) is 0 Å². The molecule has 0 saturated heterocycles. The number of ether oxygens (including phenoxy) is 2. The summed E-state index contributed by atoms with van der Waals surface area (Å²) < 4.78 is 103. The molecule has 1 saturated carbocycles. The van der Waals surface area contributed by atoms with Crippen molar-refractivity contribution in [1.82, 2.24) is 19.7 Å². The van der Waals surface area contributed by atoms with Crippen LogP contribution in [0.1, 0.15) is 58.5 Å². The van der Waals surface area contributed by atoms with Crippen molar-refractivity contribution in [1.29, 1.82) is 0 Å². The second-order valence-corrected chi connectivity index (χ2v) is 13.8. The Bertz CT molecular complexity index is 1540. The summed E-state index contributed by atoms with van der Waals surface area (Å²) in [5.74, 6) is -9.37. The highest BCUT2D eigenvalue weighted by Gasteiger charge is 2.62. The van der Waals surface area contributed by atoms with Crippen LogP contribution in [0, 0.1) is 47.4 Å². The van der Waals surface area contributed by atoms with E-state index in [4.69, 9.17) is 21.1 Å². The molecular formula is C30H36ClF7N4O5S. The number of carbonyl (C=O) groups excluding carboxylic acids is 3. The SMILES string of the molecule is CCOC(=O)CSc1nc(C(C)(C)C)nn1C(=O)N(C)C.Cc1c(F)c(F)c(COC(=O)C2C(/C=C(\Cl)C(F)(F)F)C2(C)C)c(F)c1F. The standard InChI is InChI=1S/C17H14ClF7O2.C13H22N4O3S/c1-6-11(19)13(21)7(14(22)12(6)20)5-27-15(26)10-8(16(10,2)3)4-9(18)17(23,24)25;1-7-20-9(18)8-21-11-14-10(13(2,3)4)15-17(11)12(19)16(5)6/h4,8,10H,5H2,1-3H3;7-8H2,1-6H3/b9-4-;. The number of nitrogens with zero attached hydrogens (tertiary/aromatic N) is 4. The van der Waals surface area contributed by atoms with E-state index in [2.05, 4.69) is 10.1 Å². The van der Waals surface area contributed by atoms with Crippen molar-refractivity contribution in [3.8, 4) is 0 Å². The molecule has 48 heavy (non-hydrogen) atoms. The van der Waals surface area contributed by atoms with Crippen molar-refractivity contribution in [3.05, 3.63) is 51.3 Å². The van der Waals surface area contributed by atoms with Gasteiger partial charge in [0, 0.05) is 25.1 Å². The number of thioether (sulfide) groups is 1. The predicted molar refractivity (Wildman–Crippen MR) is 162 cm³/mol. The van der Waals surface area contributed by atoms with Gasteiger partial charge in [0.25, 0.3) is 0 Å². The van der Waals surface area contributed by atoms with Gasteiger partial charge < -0.3 is 14.4 Å². The third-order valence-corrected chi connectivity index (χ3v) is 8.37. The lowest BCUT2D eigenvalue weighted by Crippen LogP contribution is -2.29. The molecule has 0 aliphatic heterocycles. The molecule has 268 valence electrons. The monoisotopic (exact) mass is 732 g/mol. The quantitative estimate of drug-likeness (QED) is 0.121. The van der Waals surface area contributed by atoms with E-state index in [1.807, 2.05) is 20.8 Å². The highest BCUT2D eigenvalue weighted by Crippen LogP contribution is 2.60. The van der Waals surface area contributed by atoms with E-state index in [-0.39, 0.29) is 23.2 Å². The third-order valence-electron chi connectivity index (χ3n) is 7.13. The lowest BCUT2D eigenvalue weighted by atomic mass is 9.96. The zero-order valence-corrected chi connectivity index (χ0v) is 29.2. The summed E-state index contributed by atoms with van der Waals surface area (Å²) >= 11 is 6.30. The van der Waals surface area contributed by atoms with Crippen LogP contribution in [0.15, 0.2) is 16.3 Å². The second-order valence-electron chi connectivity index (χ2n) is 12.5.